The summed E-state index contributed by atoms with van der Waals surface area (Å²) in [5.41, 5.74) is 0. The van der Waals surface area contributed by atoms with Gasteiger partial charge in [-0.3, -0.25) is 9.59 Å². The minimum atomic E-state index is 0.155. The largest absolute Gasteiger partial charge is 0.356 e. The quantitative estimate of drug-likeness (QED) is 0.510. The van der Waals surface area contributed by atoms with E-state index in [1.54, 1.807) is 0 Å². The van der Waals surface area contributed by atoms with Crippen molar-refractivity contribution in [2.75, 3.05) is 13.1 Å². The summed E-state index contributed by atoms with van der Waals surface area (Å²) in [6, 6.07) is 0. The Balaban J connectivity index is 3.27. The van der Waals surface area contributed by atoms with Crippen molar-refractivity contribution in [3.8, 4) is 0 Å². The number of carbonyl (C=O) groups excluding carboxylic acids is 2. The van der Waals surface area contributed by atoms with Gasteiger partial charge in [0, 0.05) is 25.9 Å². The molecule has 0 aliphatic rings. The Morgan fingerprint density at radius 2 is 1.05 bits per heavy atom. The summed E-state index contributed by atoms with van der Waals surface area (Å²) in [4.78, 5) is 22.8. The summed E-state index contributed by atoms with van der Waals surface area (Å²) < 4.78 is 0. The summed E-state index contributed by atoms with van der Waals surface area (Å²) in [7, 11) is 0. The summed E-state index contributed by atoms with van der Waals surface area (Å²) in [5, 5.41) is 5.84. The Kier molecular flexibility index (Phi) is 13.6. The van der Waals surface area contributed by atoms with Gasteiger partial charge in [-0.05, 0) is 25.7 Å². The van der Waals surface area contributed by atoms with Gasteiger partial charge in [0.05, 0.1) is 0 Å². The highest BCUT2D eigenvalue weighted by atomic mass is 16.2. The third-order valence-corrected chi connectivity index (χ3v) is 3.26. The molecule has 0 saturated carbocycles. The maximum absolute atomic E-state index is 11.4. The lowest BCUT2D eigenvalue weighted by Crippen LogP contribution is -2.27. The van der Waals surface area contributed by atoms with E-state index in [0.29, 0.717) is 12.8 Å². The number of carbonyl (C=O) groups is 2. The van der Waals surface area contributed by atoms with Crippen LogP contribution in [0.1, 0.15) is 78.1 Å². The van der Waals surface area contributed by atoms with E-state index in [-0.39, 0.29) is 11.8 Å². The first kappa shape index (κ1) is 18.9. The molecule has 0 aliphatic heterocycles. The lowest BCUT2D eigenvalue weighted by Gasteiger charge is -2.06. The summed E-state index contributed by atoms with van der Waals surface area (Å²) in [5.74, 6) is 0.309. The van der Waals surface area contributed by atoms with E-state index >= 15 is 0 Å². The Labute approximate surface area is 124 Å². The normalized spacial score (nSPS) is 10.3. The monoisotopic (exact) mass is 284 g/mol. The molecule has 0 spiro atoms. The first-order valence-electron chi connectivity index (χ1n) is 8.24. The molecule has 118 valence electrons. The third kappa shape index (κ3) is 13.4. The van der Waals surface area contributed by atoms with Crippen LogP contribution in [0.2, 0.25) is 0 Å². The number of rotatable bonds is 13. The highest BCUT2D eigenvalue weighted by Crippen LogP contribution is 1.99. The molecule has 0 aromatic heterocycles. The van der Waals surface area contributed by atoms with Gasteiger partial charge in [0.2, 0.25) is 11.8 Å². The molecule has 4 nitrogen and oxygen atoms in total. The minimum Gasteiger partial charge on any atom is -0.356 e. The average molecular weight is 284 g/mol. The zero-order chi connectivity index (χ0) is 15.1. The van der Waals surface area contributed by atoms with Crippen molar-refractivity contribution in [3.63, 3.8) is 0 Å². The van der Waals surface area contributed by atoms with Crippen LogP contribution < -0.4 is 10.6 Å². The SMILES string of the molecule is CCCCCC(=O)NCCCCNC(=O)CCCCC. The Morgan fingerprint density at radius 3 is 1.40 bits per heavy atom. The van der Waals surface area contributed by atoms with Gasteiger partial charge in [0.1, 0.15) is 0 Å². The van der Waals surface area contributed by atoms with Gasteiger partial charge in [-0.1, -0.05) is 39.5 Å². The molecule has 2 amide bonds. The van der Waals surface area contributed by atoms with Crippen LogP contribution in [0.15, 0.2) is 0 Å². The summed E-state index contributed by atoms with van der Waals surface area (Å²) >= 11 is 0. The maximum atomic E-state index is 11.4. The van der Waals surface area contributed by atoms with Crippen LogP contribution in [0.25, 0.3) is 0 Å². The molecule has 0 unspecified atom stereocenters. The Bertz CT molecular complexity index is 229. The van der Waals surface area contributed by atoms with Crippen molar-refractivity contribution < 1.29 is 9.59 Å². The van der Waals surface area contributed by atoms with Gasteiger partial charge in [-0.15, -0.1) is 0 Å². The molecule has 0 aromatic carbocycles. The number of nitrogens with one attached hydrogen (secondary N) is 2. The van der Waals surface area contributed by atoms with Gasteiger partial charge < -0.3 is 10.6 Å². The van der Waals surface area contributed by atoms with Crippen LogP contribution >= 0.6 is 0 Å². The molecular formula is C16H32N2O2. The fraction of sp³-hybridized carbons (Fsp3) is 0.875. The second-order valence-electron chi connectivity index (χ2n) is 5.32. The molecule has 2 N–H and O–H groups in total. The van der Waals surface area contributed by atoms with Gasteiger partial charge in [-0.2, -0.15) is 0 Å². The molecule has 0 saturated heterocycles. The molecule has 0 rings (SSSR count). The molecule has 0 atom stereocenters. The molecule has 0 aromatic rings. The van der Waals surface area contributed by atoms with Crippen molar-refractivity contribution in [1.82, 2.24) is 10.6 Å². The molecular weight excluding hydrogens is 252 g/mol. The fourth-order valence-electron chi connectivity index (χ4n) is 1.95. The number of amides is 2. The van der Waals surface area contributed by atoms with Crippen LogP contribution in [-0.2, 0) is 9.59 Å². The van der Waals surface area contributed by atoms with Gasteiger partial charge in [-0.25, -0.2) is 0 Å². The Morgan fingerprint density at radius 1 is 0.650 bits per heavy atom. The van der Waals surface area contributed by atoms with Crippen LogP contribution in [0.4, 0.5) is 0 Å². The van der Waals surface area contributed by atoms with Gasteiger partial charge in [0.25, 0.3) is 0 Å². The third-order valence-electron chi connectivity index (χ3n) is 3.26. The van der Waals surface area contributed by atoms with E-state index in [4.69, 9.17) is 0 Å². The second-order valence-corrected chi connectivity index (χ2v) is 5.32. The highest BCUT2D eigenvalue weighted by Gasteiger charge is 2.01. The number of hydrogen-bond acceptors (Lipinski definition) is 2. The Hall–Kier alpha value is -1.06. The number of hydrogen-bond donors (Lipinski definition) is 2. The maximum Gasteiger partial charge on any atom is 0.219 e. The lowest BCUT2D eigenvalue weighted by molar-refractivity contribution is -0.122. The predicted molar refractivity (Wildman–Crippen MR) is 83.5 cm³/mol. The van der Waals surface area contributed by atoms with Crippen molar-refractivity contribution in [2.45, 2.75) is 78.1 Å². The van der Waals surface area contributed by atoms with E-state index in [1.807, 2.05) is 0 Å². The predicted octanol–water partition coefficient (Wildman–Crippen LogP) is 3.16. The van der Waals surface area contributed by atoms with Gasteiger partial charge in [0.15, 0.2) is 0 Å². The molecule has 0 aliphatic carbocycles. The van der Waals surface area contributed by atoms with E-state index in [0.717, 1.165) is 64.5 Å². The van der Waals surface area contributed by atoms with Crippen molar-refractivity contribution in [2.24, 2.45) is 0 Å². The van der Waals surface area contributed by atoms with Crippen LogP contribution in [0, 0.1) is 0 Å². The standard InChI is InChI=1S/C16H32N2O2/c1-3-5-7-11-15(19)17-13-9-10-14-18-16(20)12-8-6-4-2/h3-14H2,1-2H3,(H,17,19)(H,18,20). The summed E-state index contributed by atoms with van der Waals surface area (Å²) in [6.07, 6.45) is 9.63. The zero-order valence-electron chi connectivity index (χ0n) is 13.3. The van der Waals surface area contributed by atoms with E-state index in [9.17, 15) is 9.59 Å². The zero-order valence-corrected chi connectivity index (χ0v) is 13.3. The smallest absolute Gasteiger partial charge is 0.219 e. The lowest BCUT2D eigenvalue weighted by atomic mass is 10.2. The highest BCUT2D eigenvalue weighted by molar-refractivity contribution is 5.76. The molecule has 0 bridgehead atoms. The van der Waals surface area contributed by atoms with Crippen LogP contribution in [0.5, 0.6) is 0 Å². The molecule has 0 radical (unpaired) electrons. The first-order chi connectivity index (χ1) is 9.70. The van der Waals surface area contributed by atoms with E-state index in [1.165, 1.54) is 0 Å². The molecule has 4 heteroatoms. The van der Waals surface area contributed by atoms with Crippen LogP contribution in [-0.4, -0.2) is 24.9 Å². The second kappa shape index (κ2) is 14.4. The molecule has 0 fully saturated rings. The number of unbranched alkanes of at least 4 members (excludes halogenated alkanes) is 5. The van der Waals surface area contributed by atoms with Crippen molar-refractivity contribution in [3.05, 3.63) is 0 Å². The average Bonchev–Trinajstić information content (AvgIpc) is 2.43. The minimum absolute atomic E-state index is 0.155. The summed E-state index contributed by atoms with van der Waals surface area (Å²) in [6.45, 7) is 5.70. The topological polar surface area (TPSA) is 58.2 Å². The van der Waals surface area contributed by atoms with E-state index < -0.39 is 0 Å². The molecule has 20 heavy (non-hydrogen) atoms. The van der Waals surface area contributed by atoms with Crippen molar-refractivity contribution in [1.29, 1.82) is 0 Å². The van der Waals surface area contributed by atoms with Crippen LogP contribution in [0.3, 0.4) is 0 Å². The van der Waals surface area contributed by atoms with E-state index in [2.05, 4.69) is 24.5 Å². The first-order valence-corrected chi connectivity index (χ1v) is 8.24. The van der Waals surface area contributed by atoms with Crippen molar-refractivity contribution >= 4 is 11.8 Å². The molecule has 0 heterocycles. The van der Waals surface area contributed by atoms with Gasteiger partial charge >= 0.3 is 0 Å². The fourth-order valence-corrected chi connectivity index (χ4v) is 1.95.